The van der Waals surface area contributed by atoms with Crippen LogP contribution in [-0.2, 0) is 108 Å². The van der Waals surface area contributed by atoms with Crippen LogP contribution >= 0.6 is 39.1 Å². The maximum Gasteiger partial charge on any atom is 0.472 e. The standard InChI is InChI=1S/C74H86N23O39P5/c1-28-16-92(73(109)89-63(28)105)45-14-36(38(18-98)126-45)132-137(111,112)124-23-43-57(54(104)69(131-43)97-62-49(65(107)88-70(78)87-62)86-71(97)96(30(3)99)33-8-9-35-32(13-33)12-31-6-4-5-7-34(31)35)136-139(115,116)121-19-39-37(15-46(127-39)93-17-29(2)64(106)90-74(93)110)133-138(113,114)123-21-41-55(52(102)67(129-41)94-26-83-47-58(76)79-24-81-60(47)94)135-141(119,120)125-22-42-56(53(103)68(130-42)95-27-84-48-59(77)80-25-82-61(48)95)134-140(117,118)122-20-40-50(100)51(101)66(128-40)91-11-10-44(75)85-72(91)108/h4-11,13,16-17,24-27,36-43,45-46,50-57,66-69,98,100-104H,12,14-15,18-23H2,1-3H3,(H,111,112)(H,113,114)(H,115,116)(H,117,118)(H,119,120)(H2,75,85,108)(H2,76,79,81)(H2,77,80,82)(H,89,105,109)(H,90,106,110)(H3,78,87,88,107)/t36-,37-,38+,39+,40+,41+,42+,43+,45+,46+,50+,51+,52+,53+,54+,55+,56+,57+,66+,67+,68+,69+/m0/s1. The van der Waals surface area contributed by atoms with E-state index in [9.17, 15) is 111 Å². The van der Waals surface area contributed by atoms with Gasteiger partial charge < -0.3 is 106 Å². The van der Waals surface area contributed by atoms with Gasteiger partial charge in [0.05, 0.1) is 58.0 Å². The molecule has 22 N–H and O–H groups in total. The molecule has 15 heterocycles. The number of carbonyl (C=O) groups excluding carboxylic acids is 1. The number of aryl methyl sites for hydroxylation is 2. The lowest BCUT2D eigenvalue weighted by atomic mass is 10.1. The van der Waals surface area contributed by atoms with Gasteiger partial charge >= 0.3 is 56.2 Å². The number of H-pyrrole nitrogens is 3. The molecule has 0 spiro atoms. The highest BCUT2D eigenvalue weighted by atomic mass is 31.2. The van der Waals surface area contributed by atoms with Gasteiger partial charge in [-0.1, -0.05) is 30.3 Å². The molecule has 5 unspecified atom stereocenters. The zero-order valence-electron chi connectivity index (χ0n) is 72.8. The van der Waals surface area contributed by atoms with Crippen molar-refractivity contribution in [2.75, 3.05) is 67.5 Å². The number of aromatic amines is 3. The minimum Gasteiger partial charge on any atom is -0.394 e. The Hall–Kier alpha value is -11.1. The third kappa shape index (κ3) is 20.1. The highest BCUT2D eigenvalue weighted by Gasteiger charge is 2.57. The average Bonchev–Trinajstić information content (AvgIpc) is 1.57. The van der Waals surface area contributed by atoms with Gasteiger partial charge in [0.15, 0.2) is 59.0 Å². The van der Waals surface area contributed by atoms with Crippen molar-refractivity contribution in [3.05, 3.63) is 177 Å². The molecular weight excluding hydrogens is 1990 g/mol. The fraction of sp³-hybridized carbons (Fsp3) is 0.459. The van der Waals surface area contributed by atoms with Crippen molar-refractivity contribution in [3.63, 3.8) is 0 Å². The molecule has 7 aliphatic rings. The van der Waals surface area contributed by atoms with E-state index < -0.39 is 289 Å². The molecule has 6 saturated heterocycles. The third-order valence-electron chi connectivity index (χ3n) is 23.8. The van der Waals surface area contributed by atoms with Gasteiger partial charge in [0.2, 0.25) is 17.8 Å². The van der Waals surface area contributed by atoms with Crippen LogP contribution in [0.5, 0.6) is 0 Å². The second kappa shape index (κ2) is 38.9. The molecule has 1 amide bonds. The number of imidazole rings is 3. The Bertz CT molecular complexity index is 7350. The summed E-state index contributed by atoms with van der Waals surface area (Å²) in [5.41, 5.74) is 19.8. The third-order valence-corrected chi connectivity index (χ3v) is 28.8. The molecule has 0 saturated carbocycles. The van der Waals surface area contributed by atoms with Gasteiger partial charge in [-0.15, -0.1) is 0 Å². The monoisotopic (exact) mass is 2080 g/mol. The number of ether oxygens (including phenoxy) is 6. The Morgan fingerprint density at radius 3 is 1.44 bits per heavy atom. The number of nitrogens with one attached hydrogen (secondary N) is 3. The average molecular weight is 2080 g/mol. The Morgan fingerprint density at radius 1 is 0.475 bits per heavy atom. The Morgan fingerprint density at radius 2 is 0.929 bits per heavy atom. The minimum atomic E-state index is -6.04. The van der Waals surface area contributed by atoms with E-state index in [-0.39, 0.29) is 56.6 Å². The molecule has 0 bridgehead atoms. The predicted molar refractivity (Wildman–Crippen MR) is 468 cm³/mol. The van der Waals surface area contributed by atoms with Crippen LogP contribution in [0.1, 0.15) is 79.4 Å². The molecule has 6 aliphatic heterocycles. The van der Waals surface area contributed by atoms with E-state index in [0.717, 1.165) is 105 Å². The first kappa shape index (κ1) is 100.0. The maximum absolute atomic E-state index is 15.0. The lowest BCUT2D eigenvalue weighted by Gasteiger charge is -2.27. The van der Waals surface area contributed by atoms with E-state index in [4.69, 9.17) is 96.6 Å². The number of benzene rings is 2. The van der Waals surface area contributed by atoms with E-state index in [2.05, 4.69) is 59.8 Å². The second-order valence-electron chi connectivity index (χ2n) is 33.0. The number of nitrogens with zero attached hydrogens (tertiary/aromatic N) is 16. The number of aromatic nitrogens is 18. The Labute approximate surface area is 784 Å². The summed E-state index contributed by atoms with van der Waals surface area (Å²) >= 11 is 0. The maximum atomic E-state index is 15.0. The van der Waals surface area contributed by atoms with E-state index in [1.165, 1.54) is 26.0 Å². The van der Waals surface area contributed by atoms with Gasteiger partial charge in [0.25, 0.3) is 16.7 Å². The molecule has 141 heavy (non-hydrogen) atoms. The number of hydrogen-bond acceptors (Lipinski definition) is 47. The highest BCUT2D eigenvalue weighted by molar-refractivity contribution is 7.48. The van der Waals surface area contributed by atoms with Crippen molar-refractivity contribution in [2.24, 2.45) is 0 Å². The summed E-state index contributed by atoms with van der Waals surface area (Å²) in [6.07, 6.45) is -36.9. The van der Waals surface area contributed by atoms with E-state index in [1.54, 1.807) is 12.1 Å². The number of rotatable bonds is 34. The number of nitrogen functional groups attached to an aromatic ring is 4. The van der Waals surface area contributed by atoms with E-state index >= 15 is 0 Å². The van der Waals surface area contributed by atoms with Crippen LogP contribution in [0.4, 0.5) is 35.0 Å². The summed E-state index contributed by atoms with van der Waals surface area (Å²) in [6.45, 7) is -3.62. The van der Waals surface area contributed by atoms with Crippen LogP contribution in [0.15, 0.2) is 121 Å². The largest absolute Gasteiger partial charge is 0.472 e. The smallest absolute Gasteiger partial charge is 0.394 e. The van der Waals surface area contributed by atoms with Crippen molar-refractivity contribution >= 4 is 114 Å². The molecule has 0 radical (unpaired) electrons. The fourth-order valence-electron chi connectivity index (χ4n) is 17.2. The Kier molecular flexibility index (Phi) is 27.6. The topological polar surface area (TPSA) is 875 Å². The van der Waals surface area contributed by atoms with Crippen molar-refractivity contribution < 1.29 is 156 Å². The molecule has 1 aliphatic carbocycles. The highest BCUT2D eigenvalue weighted by Crippen LogP contribution is 2.58. The summed E-state index contributed by atoms with van der Waals surface area (Å²) < 4.78 is 169. The minimum absolute atomic E-state index is 0.0401. The number of amides is 1. The van der Waals surface area contributed by atoms with Gasteiger partial charge in [0, 0.05) is 49.5 Å². The molecule has 756 valence electrons. The molecule has 2 aromatic carbocycles. The summed E-state index contributed by atoms with van der Waals surface area (Å²) in [6, 6.07) is 13.5. The van der Waals surface area contributed by atoms with Gasteiger partial charge in [-0.2, -0.15) is 9.97 Å². The SMILES string of the molecule is CC(=O)N(c1ccc2c(c1)Cc1ccccc1-2)c1nc2c(=O)[nH]c(N)nc2n1[C@@H]1O[C@H](COP(=O)(O)O[C@H]2C[C@H](n3cc(C)c(=O)[nH]c3=O)O[C@@H]2CO)[C@@H](OP(=O)(O)OC[C@H]2O[C@@H](n3cc(C)c(=O)[nH]c3=O)C[C@@H]2OP(=O)(O)OC[C@H]2O[C@@H](n3cnc4c(N)ncnc43)[C@H](O)[C@@H]2OP(=O)(O)OC[C@H]2O[C@@H](n3cnc4c(N)ncnc43)[C@H](O)[C@@H]2OP(=O)(O)OC[C@H]2O[C@@H](n3ccc(N)nc3=O)[C@H](O)[C@@H]2O)[C@H]1O. The van der Waals surface area contributed by atoms with Crippen molar-refractivity contribution in [2.45, 2.75) is 175 Å². The molecule has 9 aromatic heterocycles. The number of carbonyl (C=O) groups is 1. The zero-order valence-corrected chi connectivity index (χ0v) is 77.2. The summed E-state index contributed by atoms with van der Waals surface area (Å²) in [7, 11) is -29.1. The predicted octanol–water partition coefficient (Wildman–Crippen LogP) is -3.17. The van der Waals surface area contributed by atoms with Gasteiger partial charge in [-0.05, 0) is 60.7 Å². The van der Waals surface area contributed by atoms with E-state index in [1.807, 2.05) is 24.3 Å². The van der Waals surface area contributed by atoms with Crippen molar-refractivity contribution in [1.82, 2.24) is 87.2 Å². The number of aliphatic hydroxyl groups is 6. The molecule has 62 nitrogen and oxygen atoms in total. The normalized spacial score (nSPS) is 29.3. The summed E-state index contributed by atoms with van der Waals surface area (Å²) in [4.78, 5) is 195. The number of phosphoric ester groups is 5. The van der Waals surface area contributed by atoms with E-state index in [0.29, 0.717) is 6.42 Å². The number of fused-ring (bicyclic) bond motifs is 6. The summed E-state index contributed by atoms with van der Waals surface area (Å²) in [5.74, 6) is -2.52. The number of aliphatic hydroxyl groups excluding tert-OH is 6. The Balaban J connectivity index is 0.608. The number of nitrogens with two attached hydrogens (primary N) is 4. The zero-order chi connectivity index (χ0) is 100. The first-order valence-corrected chi connectivity index (χ1v) is 49.6. The number of phosphoric acid groups is 5. The first-order valence-electron chi connectivity index (χ1n) is 42.2. The van der Waals surface area contributed by atoms with Gasteiger partial charge in [0.1, 0.15) is 140 Å². The molecular formula is C74H86N23O39P5. The molecule has 11 aromatic rings. The quantitative estimate of drug-likeness (QED) is 0.0177. The molecule has 6 fully saturated rings. The molecule has 67 heteroatoms. The van der Waals surface area contributed by atoms with Crippen LogP contribution in [0.2, 0.25) is 0 Å². The van der Waals surface area contributed by atoms with Crippen LogP contribution < -0.4 is 61.6 Å². The lowest BCUT2D eigenvalue weighted by molar-refractivity contribution is -0.116. The number of anilines is 6. The van der Waals surface area contributed by atoms with Crippen molar-refractivity contribution in [3.8, 4) is 11.1 Å². The van der Waals surface area contributed by atoms with Gasteiger partial charge in [-0.25, -0.2) is 72.1 Å². The number of hydrogen-bond donors (Lipinski definition) is 18. The summed E-state index contributed by atoms with van der Waals surface area (Å²) in [5, 5.41) is 69.3. The van der Waals surface area contributed by atoms with Crippen LogP contribution in [0.3, 0.4) is 0 Å². The van der Waals surface area contributed by atoms with Gasteiger partial charge in [-0.3, -0.25) is 112 Å². The van der Waals surface area contributed by atoms with Crippen LogP contribution in [0.25, 0.3) is 44.6 Å². The molecule has 18 rings (SSSR count). The molecule has 27 atom stereocenters. The van der Waals surface area contributed by atoms with Crippen molar-refractivity contribution in [1.29, 1.82) is 0 Å². The lowest BCUT2D eigenvalue weighted by Crippen LogP contribution is -2.38. The fourth-order valence-corrected chi connectivity index (χ4v) is 22.0. The first-order chi connectivity index (χ1) is 66.8. The van der Waals surface area contributed by atoms with Crippen LogP contribution in [0, 0.1) is 13.8 Å². The second-order valence-corrected chi connectivity index (χ2v) is 40.1. The van der Waals surface area contributed by atoms with Crippen LogP contribution in [-0.4, -0.2) is 286 Å².